The molecule has 3 amide bonds. The first-order valence-electron chi connectivity index (χ1n) is 7.42. The Bertz CT molecular complexity index is 707. The third kappa shape index (κ3) is 4.55. The molecule has 8 heteroatoms. The van der Waals surface area contributed by atoms with E-state index in [1.165, 1.54) is 29.2 Å². The maximum Gasteiger partial charge on any atom is 0.319 e. The average Bonchev–Trinajstić information content (AvgIpc) is 2.88. The number of imidazole rings is 1. The molecule has 0 radical (unpaired) electrons. The van der Waals surface area contributed by atoms with E-state index in [1.54, 1.807) is 17.8 Å². The molecule has 128 valence electrons. The Labute approximate surface area is 139 Å². The Morgan fingerprint density at radius 1 is 1.29 bits per heavy atom. The number of halogens is 1. The number of carbonyl (C=O) groups excluding carboxylic acids is 2. The van der Waals surface area contributed by atoms with Gasteiger partial charge in [-0.25, -0.2) is 14.2 Å². The number of nitrogens with one attached hydrogen (secondary N) is 2. The summed E-state index contributed by atoms with van der Waals surface area (Å²) in [5.41, 5.74) is 0.857. The molecule has 0 fully saturated rings. The summed E-state index contributed by atoms with van der Waals surface area (Å²) in [4.78, 5) is 29.6. The van der Waals surface area contributed by atoms with Gasteiger partial charge in [0.1, 0.15) is 17.3 Å². The Morgan fingerprint density at radius 2 is 1.96 bits per heavy atom. The minimum atomic E-state index is -0.420. The van der Waals surface area contributed by atoms with Gasteiger partial charge in [-0.1, -0.05) is 0 Å². The van der Waals surface area contributed by atoms with Gasteiger partial charge in [0.05, 0.1) is 0 Å². The summed E-state index contributed by atoms with van der Waals surface area (Å²) in [6.07, 6.45) is 1.67. The van der Waals surface area contributed by atoms with Gasteiger partial charge in [0.25, 0.3) is 5.91 Å². The van der Waals surface area contributed by atoms with Gasteiger partial charge in [0.2, 0.25) is 0 Å². The smallest absolute Gasteiger partial charge is 0.319 e. The minimum absolute atomic E-state index is 0.209. The highest BCUT2D eigenvalue weighted by molar-refractivity contribution is 5.92. The van der Waals surface area contributed by atoms with Crippen molar-refractivity contribution in [1.82, 2.24) is 19.8 Å². The molecule has 2 aromatic rings. The largest absolute Gasteiger partial charge is 0.339 e. The first-order chi connectivity index (χ1) is 11.4. The number of aryl methyl sites for hydroxylation is 2. The summed E-state index contributed by atoms with van der Waals surface area (Å²) in [6.45, 7) is 2.44. The van der Waals surface area contributed by atoms with Gasteiger partial charge in [-0.05, 0) is 31.2 Å². The number of likely N-dealkylation sites (N-methyl/N-ethyl adjacent to an activating group) is 1. The first kappa shape index (κ1) is 17.5. The second-order valence-electron chi connectivity index (χ2n) is 5.40. The van der Waals surface area contributed by atoms with Gasteiger partial charge in [0, 0.05) is 39.1 Å². The van der Waals surface area contributed by atoms with Crippen LogP contribution in [-0.2, 0) is 7.05 Å². The summed E-state index contributed by atoms with van der Waals surface area (Å²) < 4.78 is 14.6. The summed E-state index contributed by atoms with van der Waals surface area (Å²) in [5, 5.41) is 5.22. The lowest BCUT2D eigenvalue weighted by atomic mass is 10.3. The topological polar surface area (TPSA) is 79.3 Å². The number of nitrogens with zero attached hydrogens (tertiary/aromatic N) is 3. The van der Waals surface area contributed by atoms with E-state index in [1.807, 2.05) is 14.0 Å². The molecule has 2 rings (SSSR count). The minimum Gasteiger partial charge on any atom is -0.339 e. The first-order valence-corrected chi connectivity index (χ1v) is 7.42. The zero-order valence-corrected chi connectivity index (χ0v) is 13.8. The van der Waals surface area contributed by atoms with Crippen LogP contribution < -0.4 is 10.6 Å². The summed E-state index contributed by atoms with van der Waals surface area (Å²) in [7, 11) is 3.46. The Balaban J connectivity index is 1.77. The van der Waals surface area contributed by atoms with Crippen molar-refractivity contribution in [2.24, 2.45) is 7.05 Å². The molecule has 0 unspecified atom stereocenters. The normalized spacial score (nSPS) is 10.3. The number of aromatic nitrogens is 2. The number of amides is 3. The van der Waals surface area contributed by atoms with E-state index in [9.17, 15) is 14.0 Å². The van der Waals surface area contributed by atoms with Crippen LogP contribution in [0, 0.1) is 12.7 Å². The monoisotopic (exact) mass is 333 g/mol. The molecule has 1 aromatic heterocycles. The lowest BCUT2D eigenvalue weighted by Gasteiger charge is -2.16. The van der Waals surface area contributed by atoms with Gasteiger partial charge in [-0.3, -0.25) is 4.79 Å². The highest BCUT2D eigenvalue weighted by Gasteiger charge is 2.15. The maximum atomic E-state index is 12.8. The van der Waals surface area contributed by atoms with Gasteiger partial charge >= 0.3 is 6.03 Å². The van der Waals surface area contributed by atoms with Crippen LogP contribution in [0.5, 0.6) is 0 Å². The van der Waals surface area contributed by atoms with Gasteiger partial charge in [-0.15, -0.1) is 0 Å². The average molecular weight is 333 g/mol. The van der Waals surface area contributed by atoms with E-state index in [4.69, 9.17) is 0 Å². The fourth-order valence-corrected chi connectivity index (χ4v) is 2.00. The van der Waals surface area contributed by atoms with E-state index < -0.39 is 6.03 Å². The van der Waals surface area contributed by atoms with Crippen LogP contribution in [0.25, 0.3) is 0 Å². The van der Waals surface area contributed by atoms with Gasteiger partial charge < -0.3 is 20.1 Å². The van der Waals surface area contributed by atoms with Crippen molar-refractivity contribution in [2.75, 3.05) is 25.5 Å². The molecule has 0 aliphatic carbocycles. The summed E-state index contributed by atoms with van der Waals surface area (Å²) in [5.74, 6) is 0.175. The zero-order valence-electron chi connectivity index (χ0n) is 13.8. The van der Waals surface area contributed by atoms with E-state index >= 15 is 0 Å². The number of anilines is 1. The molecule has 0 spiro atoms. The van der Waals surface area contributed by atoms with Crippen molar-refractivity contribution in [3.05, 3.63) is 47.8 Å². The maximum absolute atomic E-state index is 12.8. The third-order valence-corrected chi connectivity index (χ3v) is 3.51. The van der Waals surface area contributed by atoms with Crippen molar-refractivity contribution in [2.45, 2.75) is 6.92 Å². The molecule has 1 aromatic carbocycles. The molecule has 0 bridgehead atoms. The summed E-state index contributed by atoms with van der Waals surface area (Å²) >= 11 is 0. The van der Waals surface area contributed by atoms with Crippen molar-refractivity contribution in [3.8, 4) is 0 Å². The second kappa shape index (κ2) is 7.58. The summed E-state index contributed by atoms with van der Waals surface area (Å²) in [6, 6.07) is 5.03. The molecule has 0 atom stereocenters. The molecular weight excluding hydrogens is 313 g/mol. The Hall–Kier alpha value is -2.90. The predicted octanol–water partition coefficient (Wildman–Crippen LogP) is 1.76. The second-order valence-corrected chi connectivity index (χ2v) is 5.40. The molecule has 2 N–H and O–H groups in total. The van der Waals surface area contributed by atoms with Crippen LogP contribution in [0.1, 0.15) is 16.3 Å². The van der Waals surface area contributed by atoms with Crippen LogP contribution in [0.2, 0.25) is 0 Å². The van der Waals surface area contributed by atoms with Crippen LogP contribution in [0.15, 0.2) is 30.5 Å². The number of benzene rings is 1. The van der Waals surface area contributed by atoms with Crippen LogP contribution >= 0.6 is 0 Å². The molecule has 0 aliphatic heterocycles. The van der Waals surface area contributed by atoms with Crippen LogP contribution in [0.3, 0.4) is 0 Å². The zero-order chi connectivity index (χ0) is 17.7. The molecule has 0 saturated carbocycles. The standard InChI is InChI=1S/C16H20FN5O2/c1-11-19-14(10-22(11)3)15(23)21(2)9-8-18-16(24)20-13-6-4-12(17)5-7-13/h4-7,10H,8-9H2,1-3H3,(H2,18,20,24). The molecular formula is C16H20FN5O2. The van der Waals surface area contributed by atoms with Gasteiger partial charge in [0.15, 0.2) is 0 Å². The van der Waals surface area contributed by atoms with Crippen LogP contribution in [-0.4, -0.2) is 46.5 Å². The molecule has 7 nitrogen and oxygen atoms in total. The van der Waals surface area contributed by atoms with E-state index in [2.05, 4.69) is 15.6 Å². The fourth-order valence-electron chi connectivity index (χ4n) is 2.00. The Kier molecular flexibility index (Phi) is 5.51. The van der Waals surface area contributed by atoms with Crippen molar-refractivity contribution in [3.63, 3.8) is 0 Å². The molecule has 0 aliphatic rings. The van der Waals surface area contributed by atoms with Crippen molar-refractivity contribution >= 4 is 17.6 Å². The van der Waals surface area contributed by atoms with E-state index in [-0.39, 0.29) is 18.3 Å². The third-order valence-electron chi connectivity index (χ3n) is 3.51. The highest BCUT2D eigenvalue weighted by Crippen LogP contribution is 2.07. The van der Waals surface area contributed by atoms with Gasteiger partial charge in [-0.2, -0.15) is 0 Å². The number of urea groups is 1. The molecule has 0 saturated heterocycles. The lowest BCUT2D eigenvalue weighted by Crippen LogP contribution is -2.38. The number of hydrogen-bond acceptors (Lipinski definition) is 3. The molecule has 1 heterocycles. The van der Waals surface area contributed by atoms with Crippen LogP contribution in [0.4, 0.5) is 14.9 Å². The quantitative estimate of drug-likeness (QED) is 0.875. The number of hydrogen-bond donors (Lipinski definition) is 2. The predicted molar refractivity (Wildman–Crippen MR) is 88.3 cm³/mol. The number of carbonyl (C=O) groups is 2. The molecule has 24 heavy (non-hydrogen) atoms. The van der Waals surface area contributed by atoms with Crippen molar-refractivity contribution < 1.29 is 14.0 Å². The van der Waals surface area contributed by atoms with E-state index in [0.29, 0.717) is 17.9 Å². The Morgan fingerprint density at radius 3 is 2.54 bits per heavy atom. The highest BCUT2D eigenvalue weighted by atomic mass is 19.1. The SMILES string of the molecule is Cc1nc(C(=O)N(C)CCNC(=O)Nc2ccc(F)cc2)cn1C. The number of rotatable bonds is 5. The van der Waals surface area contributed by atoms with Crippen molar-refractivity contribution in [1.29, 1.82) is 0 Å². The van der Waals surface area contributed by atoms with E-state index in [0.717, 1.165) is 5.82 Å². The lowest BCUT2D eigenvalue weighted by molar-refractivity contribution is 0.0791. The fraction of sp³-hybridized carbons (Fsp3) is 0.312.